The summed E-state index contributed by atoms with van der Waals surface area (Å²) in [5, 5.41) is 0. The summed E-state index contributed by atoms with van der Waals surface area (Å²) in [5.41, 5.74) is 28.4. The maximum atomic E-state index is 2.64. The van der Waals surface area contributed by atoms with E-state index in [2.05, 4.69) is 359 Å². The standard InChI is InChI=1S/C84H56B2N4S2/c1-7-26-57(27-8-1)59-46-48-65(49-47-59)88(66-39-25-32-61(50-66)58-28-9-2-10-29-58)68-51-77-83-82(54-68)92-80-56-76-72(55-73(80)85(83)70-41-20-23-44-75(70)89(77)64-37-17-6-18-38-64)86-71-42-21-24-45-79(71)91-81-53-67(87(62-33-13-4-14-34-62)63-35-15-5-16-36-63)52-78(84(81)86)90(76)74-43-22-19-40-69(74)60-30-11-3-12-31-60/h1-56H. The Hall–Kier alpha value is -10.9. The molecule has 0 fully saturated rings. The zero-order valence-corrected chi connectivity index (χ0v) is 51.7. The Morgan fingerprint density at radius 1 is 0.228 bits per heavy atom. The van der Waals surface area contributed by atoms with Crippen LogP contribution < -0.4 is 52.4 Å². The van der Waals surface area contributed by atoms with Crippen molar-refractivity contribution in [3.63, 3.8) is 0 Å². The predicted octanol–water partition coefficient (Wildman–Crippen LogP) is 19.2. The maximum Gasteiger partial charge on any atom is 0.249 e. The third-order valence-electron chi connectivity index (χ3n) is 18.7. The Morgan fingerprint density at radius 2 is 0.685 bits per heavy atom. The van der Waals surface area contributed by atoms with E-state index >= 15 is 0 Å². The summed E-state index contributed by atoms with van der Waals surface area (Å²) >= 11 is 3.82. The lowest BCUT2D eigenvalue weighted by Crippen LogP contribution is -2.64. The van der Waals surface area contributed by atoms with Crippen molar-refractivity contribution in [3.8, 4) is 33.4 Å². The van der Waals surface area contributed by atoms with Crippen molar-refractivity contribution >= 4 is 138 Å². The first kappa shape index (κ1) is 54.1. The van der Waals surface area contributed by atoms with Crippen molar-refractivity contribution in [1.29, 1.82) is 0 Å². The third-order valence-corrected chi connectivity index (χ3v) is 21.0. The smallest absolute Gasteiger partial charge is 0.249 e. The van der Waals surface area contributed by atoms with Crippen LogP contribution in [-0.4, -0.2) is 13.4 Å². The number of nitrogens with zero attached hydrogens (tertiary/aromatic N) is 4. The lowest BCUT2D eigenvalue weighted by atomic mass is 9.31. The number of hydrogen-bond donors (Lipinski definition) is 0. The van der Waals surface area contributed by atoms with Crippen molar-refractivity contribution < 1.29 is 0 Å². The van der Waals surface area contributed by atoms with Crippen LogP contribution in [0.25, 0.3) is 33.4 Å². The van der Waals surface area contributed by atoms with Crippen LogP contribution >= 0.6 is 23.5 Å². The first-order valence-corrected chi connectivity index (χ1v) is 33.2. The second-order valence-electron chi connectivity index (χ2n) is 23.9. The molecular formula is C84H56B2N4S2. The molecule has 14 aromatic rings. The average molecular weight is 1210 g/mol. The van der Waals surface area contributed by atoms with Crippen LogP contribution in [0.2, 0.25) is 0 Å². The minimum Gasteiger partial charge on any atom is -0.311 e. The molecule has 0 N–H and O–H groups in total. The zero-order chi connectivity index (χ0) is 60.6. The monoisotopic (exact) mass is 1210 g/mol. The molecule has 92 heavy (non-hydrogen) atoms. The van der Waals surface area contributed by atoms with Gasteiger partial charge in [0.05, 0.1) is 5.69 Å². The summed E-state index contributed by atoms with van der Waals surface area (Å²) in [6.07, 6.45) is 0. The Labute approximate surface area is 546 Å². The molecule has 0 aliphatic carbocycles. The van der Waals surface area contributed by atoms with Crippen LogP contribution in [0.3, 0.4) is 0 Å². The fourth-order valence-electron chi connectivity index (χ4n) is 14.7. The van der Waals surface area contributed by atoms with Gasteiger partial charge in [-0.05, 0) is 159 Å². The number of hydrogen-bond acceptors (Lipinski definition) is 6. The molecule has 18 rings (SSSR count). The molecule has 0 spiro atoms. The molecule has 8 heteroatoms. The summed E-state index contributed by atoms with van der Waals surface area (Å²) in [6.45, 7) is -0.145. The lowest BCUT2D eigenvalue weighted by molar-refractivity contribution is 1.22. The maximum absolute atomic E-state index is 2.64. The molecule has 0 unspecified atom stereocenters. The highest BCUT2D eigenvalue weighted by atomic mass is 32.2. The Morgan fingerprint density at radius 3 is 1.34 bits per heavy atom. The molecule has 0 bridgehead atoms. The number of para-hydroxylation sites is 5. The highest BCUT2D eigenvalue weighted by Gasteiger charge is 2.47. The van der Waals surface area contributed by atoms with Gasteiger partial charge in [0.2, 0.25) is 13.4 Å². The summed E-state index contributed by atoms with van der Waals surface area (Å²) in [7, 11) is 0. The van der Waals surface area contributed by atoms with Gasteiger partial charge in [-0.15, -0.1) is 0 Å². The van der Waals surface area contributed by atoms with Crippen LogP contribution in [0.4, 0.5) is 68.2 Å². The van der Waals surface area contributed by atoms with Gasteiger partial charge in [-0.3, -0.25) is 0 Å². The normalized spacial score (nSPS) is 12.8. The Balaban J connectivity index is 0.897. The van der Waals surface area contributed by atoms with Gasteiger partial charge in [0.1, 0.15) is 0 Å². The Bertz CT molecular complexity index is 5100. The zero-order valence-electron chi connectivity index (χ0n) is 50.1. The molecule has 0 amide bonds. The minimum absolute atomic E-state index is 0.0600. The van der Waals surface area contributed by atoms with Crippen LogP contribution in [0, 0.1) is 0 Å². The first-order chi connectivity index (χ1) is 45.6. The molecule has 0 aromatic heterocycles. The van der Waals surface area contributed by atoms with Gasteiger partial charge in [-0.25, -0.2) is 0 Å². The minimum atomic E-state index is -0.0846. The van der Waals surface area contributed by atoms with E-state index in [1.165, 1.54) is 103 Å². The van der Waals surface area contributed by atoms with Gasteiger partial charge in [-0.1, -0.05) is 265 Å². The summed E-state index contributed by atoms with van der Waals surface area (Å²) in [5.74, 6) is 0. The van der Waals surface area contributed by atoms with Crippen LogP contribution in [-0.2, 0) is 0 Å². The van der Waals surface area contributed by atoms with E-state index in [4.69, 9.17) is 0 Å². The fraction of sp³-hybridized carbons (Fsp3) is 0. The van der Waals surface area contributed by atoms with E-state index < -0.39 is 0 Å². The molecule has 4 aliphatic rings. The van der Waals surface area contributed by atoms with E-state index in [1.54, 1.807) is 0 Å². The highest BCUT2D eigenvalue weighted by molar-refractivity contribution is 8.00. The summed E-state index contributed by atoms with van der Waals surface area (Å²) in [4.78, 5) is 15.1. The van der Waals surface area contributed by atoms with Gasteiger partial charge < -0.3 is 19.6 Å². The van der Waals surface area contributed by atoms with Crippen LogP contribution in [0.1, 0.15) is 0 Å². The number of benzene rings is 14. The van der Waals surface area contributed by atoms with Crippen molar-refractivity contribution in [2.75, 3.05) is 19.6 Å². The average Bonchev–Trinajstić information content (AvgIpc) is 0.698. The van der Waals surface area contributed by atoms with Crippen molar-refractivity contribution in [3.05, 3.63) is 340 Å². The van der Waals surface area contributed by atoms with Gasteiger partial charge in [0.15, 0.2) is 0 Å². The SMILES string of the molecule is c1ccc(-c2ccc(N(c3cccc(-c4ccccc4)c3)c3cc4c5c(c3)N(c3ccccc3)c3ccccc3B5c3cc5c(cc3S4)N(c3ccccc3-c3ccccc3)c3cc(N(c4ccccc4)c4ccccc4)cc4c3B5c3ccccc3S4)cc2)cc1. The van der Waals surface area contributed by atoms with E-state index in [1.807, 2.05) is 23.5 Å². The number of fused-ring (bicyclic) bond motifs is 8. The topological polar surface area (TPSA) is 13.0 Å². The van der Waals surface area contributed by atoms with E-state index in [0.717, 1.165) is 51.1 Å². The van der Waals surface area contributed by atoms with E-state index in [9.17, 15) is 0 Å². The number of anilines is 12. The van der Waals surface area contributed by atoms with Gasteiger partial charge in [0.25, 0.3) is 0 Å². The second-order valence-corrected chi connectivity index (χ2v) is 26.1. The summed E-state index contributed by atoms with van der Waals surface area (Å²) < 4.78 is 0. The quantitative estimate of drug-likeness (QED) is 0.119. The highest BCUT2D eigenvalue weighted by Crippen LogP contribution is 2.52. The lowest BCUT2D eigenvalue weighted by Gasteiger charge is -2.44. The van der Waals surface area contributed by atoms with Crippen LogP contribution in [0.15, 0.2) is 359 Å². The molecule has 4 heterocycles. The van der Waals surface area contributed by atoms with Crippen molar-refractivity contribution in [2.45, 2.75) is 19.6 Å². The third kappa shape index (κ3) is 9.12. The molecule has 430 valence electrons. The molecule has 0 saturated heterocycles. The molecule has 0 atom stereocenters. The molecule has 4 nitrogen and oxygen atoms in total. The molecule has 0 radical (unpaired) electrons. The van der Waals surface area contributed by atoms with E-state index in [0.29, 0.717) is 0 Å². The van der Waals surface area contributed by atoms with Crippen molar-refractivity contribution in [1.82, 2.24) is 0 Å². The fourth-order valence-corrected chi connectivity index (χ4v) is 17.1. The van der Waals surface area contributed by atoms with Crippen LogP contribution in [0.5, 0.6) is 0 Å². The largest absolute Gasteiger partial charge is 0.311 e. The predicted molar refractivity (Wildman–Crippen MR) is 392 cm³/mol. The number of rotatable bonds is 11. The van der Waals surface area contributed by atoms with Gasteiger partial charge >= 0.3 is 0 Å². The Kier molecular flexibility index (Phi) is 13.3. The first-order valence-electron chi connectivity index (χ1n) is 31.5. The second kappa shape index (κ2) is 22.5. The van der Waals surface area contributed by atoms with E-state index in [-0.39, 0.29) is 13.4 Å². The molecule has 0 saturated carbocycles. The van der Waals surface area contributed by atoms with Crippen molar-refractivity contribution in [2.24, 2.45) is 0 Å². The molecular weight excluding hydrogens is 1150 g/mol. The molecule has 4 aliphatic heterocycles. The summed E-state index contributed by atoms with van der Waals surface area (Å²) in [6, 6.07) is 126. The molecule has 14 aromatic carbocycles. The van der Waals surface area contributed by atoms with Gasteiger partial charge in [-0.2, -0.15) is 0 Å². The van der Waals surface area contributed by atoms with Gasteiger partial charge in [0, 0.05) is 87.7 Å².